The van der Waals surface area contributed by atoms with Gasteiger partial charge >= 0.3 is 0 Å². The highest BCUT2D eigenvalue weighted by Crippen LogP contribution is 2.32. The predicted molar refractivity (Wildman–Crippen MR) is 119 cm³/mol. The van der Waals surface area contributed by atoms with Gasteiger partial charge < -0.3 is 4.74 Å². The number of hydrogen-bond donors (Lipinski definition) is 0. The first kappa shape index (κ1) is 20.5. The van der Waals surface area contributed by atoms with Crippen LogP contribution in [-0.2, 0) is 4.79 Å². The number of carbonyl (C=O) groups excluding carboxylic acids is 1. The summed E-state index contributed by atoms with van der Waals surface area (Å²) in [6, 6.07) is 11.6. The van der Waals surface area contributed by atoms with Crippen LogP contribution in [0.1, 0.15) is 6.92 Å². The minimum Gasteiger partial charge on any atom is -0.497 e. The normalized spacial score (nSPS) is 16.4. The Morgan fingerprint density at radius 2 is 1.93 bits per heavy atom. The molecule has 1 aromatic heterocycles. The number of hydrazone groups is 1. The van der Waals surface area contributed by atoms with Gasteiger partial charge in [-0.05, 0) is 49.4 Å². The van der Waals surface area contributed by atoms with Gasteiger partial charge in [0.1, 0.15) is 11.4 Å². The van der Waals surface area contributed by atoms with Crippen LogP contribution < -0.4 is 9.75 Å². The summed E-state index contributed by atoms with van der Waals surface area (Å²) in [5.41, 5.74) is 2.61. The molecule has 152 valence electrons. The minimum atomic E-state index is -0.829. The van der Waals surface area contributed by atoms with Crippen LogP contribution in [0.5, 0.6) is 5.75 Å². The van der Waals surface area contributed by atoms with E-state index in [2.05, 4.69) is 20.3 Å². The topological polar surface area (TPSA) is 79.5 Å². The van der Waals surface area contributed by atoms with Crippen molar-refractivity contribution in [3.8, 4) is 17.0 Å². The zero-order valence-corrected chi connectivity index (χ0v) is 18.2. The van der Waals surface area contributed by atoms with E-state index in [0.29, 0.717) is 26.6 Å². The number of hydrogen-bond acceptors (Lipinski definition) is 7. The third-order valence-corrected chi connectivity index (χ3v) is 5.70. The molecule has 2 aromatic carbocycles. The van der Waals surface area contributed by atoms with Crippen LogP contribution in [0.2, 0.25) is 10.0 Å². The lowest BCUT2D eigenvalue weighted by Crippen LogP contribution is -2.29. The zero-order valence-electron chi connectivity index (χ0n) is 15.9. The van der Waals surface area contributed by atoms with Gasteiger partial charge in [0.25, 0.3) is 5.91 Å². The summed E-state index contributed by atoms with van der Waals surface area (Å²) in [4.78, 5) is 17.4. The van der Waals surface area contributed by atoms with E-state index >= 15 is 0 Å². The van der Waals surface area contributed by atoms with E-state index in [0.717, 1.165) is 17.0 Å². The van der Waals surface area contributed by atoms with Crippen molar-refractivity contribution in [2.45, 2.75) is 13.0 Å². The third-order valence-electron chi connectivity index (χ3n) is 4.35. The van der Waals surface area contributed by atoms with Crippen LogP contribution >= 0.6 is 34.5 Å². The number of halogens is 2. The van der Waals surface area contributed by atoms with Gasteiger partial charge in [0.05, 0.1) is 23.5 Å². The van der Waals surface area contributed by atoms with Crippen molar-refractivity contribution in [2.24, 2.45) is 15.3 Å². The molecule has 0 spiro atoms. The van der Waals surface area contributed by atoms with Crippen molar-refractivity contribution in [3.63, 3.8) is 0 Å². The van der Waals surface area contributed by atoms with Gasteiger partial charge in [-0.2, -0.15) is 20.3 Å². The number of nitrogens with zero attached hydrogens (tertiary/aromatic N) is 5. The number of carbonyl (C=O) groups is 1. The van der Waals surface area contributed by atoms with E-state index < -0.39 is 6.04 Å². The molecular weight excluding hydrogens is 445 g/mol. The Bertz CT molecular complexity index is 1160. The van der Waals surface area contributed by atoms with Crippen molar-refractivity contribution < 1.29 is 9.53 Å². The Morgan fingerprint density at radius 3 is 2.63 bits per heavy atom. The second-order valence-corrected chi connectivity index (χ2v) is 8.03. The van der Waals surface area contributed by atoms with Gasteiger partial charge in [-0.15, -0.1) is 11.3 Å². The maximum absolute atomic E-state index is 12.9. The van der Waals surface area contributed by atoms with Crippen molar-refractivity contribution >= 4 is 57.0 Å². The molecular formula is C20H15Cl2N5O2S. The van der Waals surface area contributed by atoms with E-state index in [4.69, 9.17) is 27.9 Å². The number of rotatable bonds is 5. The molecule has 0 bridgehead atoms. The average molecular weight is 460 g/mol. The SMILES string of the molecule is COc1ccc(-c2csc(N3N=C(C)C(N=Nc4ccc(Cl)cc4Cl)C3=O)n2)cc1. The van der Waals surface area contributed by atoms with E-state index in [1.165, 1.54) is 16.3 Å². The molecule has 0 saturated carbocycles. The van der Waals surface area contributed by atoms with Crippen LogP contribution in [0.3, 0.4) is 0 Å². The third kappa shape index (κ3) is 4.07. The lowest BCUT2D eigenvalue weighted by atomic mass is 10.2. The molecule has 1 amide bonds. The molecule has 1 unspecified atom stereocenters. The van der Waals surface area contributed by atoms with Crippen molar-refractivity contribution in [1.82, 2.24) is 4.98 Å². The summed E-state index contributed by atoms with van der Waals surface area (Å²) >= 11 is 13.3. The van der Waals surface area contributed by atoms with Crippen molar-refractivity contribution in [2.75, 3.05) is 12.1 Å². The summed E-state index contributed by atoms with van der Waals surface area (Å²) in [7, 11) is 1.61. The lowest BCUT2D eigenvalue weighted by Gasteiger charge is -2.08. The Hall–Kier alpha value is -2.81. The maximum Gasteiger partial charge on any atom is 0.282 e. The minimum absolute atomic E-state index is 0.322. The second kappa shape index (κ2) is 8.51. The van der Waals surface area contributed by atoms with Crippen LogP contribution in [0.25, 0.3) is 11.3 Å². The molecule has 10 heteroatoms. The number of methoxy groups -OCH3 is 1. The molecule has 0 radical (unpaired) electrons. The average Bonchev–Trinajstić information content (AvgIpc) is 3.33. The lowest BCUT2D eigenvalue weighted by molar-refractivity contribution is -0.117. The molecule has 7 nitrogen and oxygen atoms in total. The van der Waals surface area contributed by atoms with Gasteiger partial charge in [0.2, 0.25) is 5.13 Å². The summed E-state index contributed by atoms with van der Waals surface area (Å²) in [6.07, 6.45) is 0. The molecule has 0 aliphatic carbocycles. The van der Waals surface area contributed by atoms with Crippen LogP contribution in [0.15, 0.2) is 63.2 Å². The molecule has 1 atom stereocenters. The van der Waals surface area contributed by atoms with Crippen LogP contribution in [-0.4, -0.2) is 29.8 Å². The van der Waals surface area contributed by atoms with Gasteiger partial charge in [-0.3, -0.25) is 4.79 Å². The quantitative estimate of drug-likeness (QED) is 0.438. The molecule has 1 aliphatic heterocycles. The molecule has 4 rings (SSSR count). The Labute approximate surface area is 186 Å². The number of amides is 1. The van der Waals surface area contributed by atoms with Gasteiger partial charge in [-0.25, -0.2) is 4.98 Å². The molecule has 3 aromatic rings. The Kier molecular flexibility index (Phi) is 5.80. The fourth-order valence-corrected chi connectivity index (χ4v) is 4.00. The van der Waals surface area contributed by atoms with E-state index in [1.54, 1.807) is 32.2 Å². The van der Waals surface area contributed by atoms with E-state index in [1.807, 2.05) is 29.6 Å². The highest BCUT2D eigenvalue weighted by Gasteiger charge is 2.36. The number of ether oxygens (including phenoxy) is 1. The fourth-order valence-electron chi connectivity index (χ4n) is 2.76. The number of benzene rings is 2. The Balaban J connectivity index is 1.53. The first-order chi connectivity index (χ1) is 14.5. The smallest absolute Gasteiger partial charge is 0.282 e. The standard InChI is InChI=1S/C20H15Cl2N5O2S/c1-11-18(25-24-16-8-5-13(21)9-15(16)22)19(28)27(26-11)20-23-17(10-30-20)12-3-6-14(29-2)7-4-12/h3-10,18H,1-2H3. The largest absolute Gasteiger partial charge is 0.497 e. The first-order valence-electron chi connectivity index (χ1n) is 8.81. The fraction of sp³-hybridized carbons (Fsp3) is 0.150. The van der Waals surface area contributed by atoms with Gasteiger partial charge in [0.15, 0.2) is 6.04 Å². The maximum atomic E-state index is 12.9. The monoisotopic (exact) mass is 459 g/mol. The van der Waals surface area contributed by atoms with Crippen molar-refractivity contribution in [1.29, 1.82) is 0 Å². The zero-order chi connectivity index (χ0) is 21.3. The van der Waals surface area contributed by atoms with E-state index in [9.17, 15) is 4.79 Å². The number of anilines is 1. The molecule has 2 heterocycles. The summed E-state index contributed by atoms with van der Waals surface area (Å²) in [6.45, 7) is 1.73. The summed E-state index contributed by atoms with van der Waals surface area (Å²) in [5, 5.41) is 17.0. The molecule has 0 fully saturated rings. The highest BCUT2D eigenvalue weighted by molar-refractivity contribution is 7.14. The second-order valence-electron chi connectivity index (χ2n) is 6.35. The number of aromatic nitrogens is 1. The van der Waals surface area contributed by atoms with E-state index in [-0.39, 0.29) is 5.91 Å². The summed E-state index contributed by atoms with van der Waals surface area (Å²) in [5.74, 6) is 0.440. The summed E-state index contributed by atoms with van der Waals surface area (Å²) < 4.78 is 5.17. The predicted octanol–water partition coefficient (Wildman–Crippen LogP) is 6.00. The number of thiazole rings is 1. The van der Waals surface area contributed by atoms with Gasteiger partial charge in [-0.1, -0.05) is 23.2 Å². The molecule has 0 saturated heterocycles. The molecule has 30 heavy (non-hydrogen) atoms. The van der Waals surface area contributed by atoms with Crippen LogP contribution in [0.4, 0.5) is 10.8 Å². The van der Waals surface area contributed by atoms with Gasteiger partial charge in [0, 0.05) is 16.0 Å². The first-order valence-corrected chi connectivity index (χ1v) is 10.4. The molecule has 1 aliphatic rings. The number of azo groups is 1. The van der Waals surface area contributed by atoms with Crippen LogP contribution in [0, 0.1) is 0 Å². The Morgan fingerprint density at radius 1 is 1.17 bits per heavy atom. The molecule has 0 N–H and O–H groups in total. The highest BCUT2D eigenvalue weighted by atomic mass is 35.5. The van der Waals surface area contributed by atoms with Crippen molar-refractivity contribution in [3.05, 3.63) is 57.9 Å².